The fraction of sp³-hybridized carbons (Fsp3) is 0.692. The number of hydrogen-bond acceptors (Lipinski definition) is 2. The standard InChI is InChI=1S/C13H22ClN3O/c1-6-7-15-12(18)10(14)9-8-17(5)16-11(9)13(2,3)4/h8,10H,6-7H2,1-5H3,(H,15,18). The number of aromatic nitrogens is 2. The van der Waals surface area contributed by atoms with Crippen molar-refractivity contribution in [1.29, 1.82) is 0 Å². The largest absolute Gasteiger partial charge is 0.355 e. The van der Waals surface area contributed by atoms with Gasteiger partial charge in [-0.25, -0.2) is 0 Å². The van der Waals surface area contributed by atoms with Gasteiger partial charge in [0.1, 0.15) is 5.38 Å². The van der Waals surface area contributed by atoms with E-state index >= 15 is 0 Å². The van der Waals surface area contributed by atoms with Crippen LogP contribution < -0.4 is 5.32 Å². The van der Waals surface area contributed by atoms with E-state index < -0.39 is 5.38 Å². The van der Waals surface area contributed by atoms with Crippen LogP contribution in [0.4, 0.5) is 0 Å². The molecular formula is C13H22ClN3O. The fourth-order valence-electron chi connectivity index (χ4n) is 1.75. The highest BCUT2D eigenvalue weighted by atomic mass is 35.5. The molecule has 0 fully saturated rings. The van der Waals surface area contributed by atoms with Crippen molar-refractivity contribution in [3.05, 3.63) is 17.5 Å². The Morgan fingerprint density at radius 1 is 1.56 bits per heavy atom. The minimum atomic E-state index is -0.681. The average molecular weight is 272 g/mol. The van der Waals surface area contributed by atoms with E-state index in [1.165, 1.54) is 0 Å². The van der Waals surface area contributed by atoms with Crippen molar-refractivity contribution in [2.75, 3.05) is 6.54 Å². The maximum atomic E-state index is 11.9. The highest BCUT2D eigenvalue weighted by Crippen LogP contribution is 2.31. The second kappa shape index (κ2) is 5.74. The molecule has 5 heteroatoms. The molecule has 18 heavy (non-hydrogen) atoms. The summed E-state index contributed by atoms with van der Waals surface area (Å²) in [6.07, 6.45) is 2.72. The molecule has 0 radical (unpaired) electrons. The fourth-order valence-corrected chi connectivity index (χ4v) is 1.99. The topological polar surface area (TPSA) is 46.9 Å². The van der Waals surface area contributed by atoms with E-state index in [-0.39, 0.29) is 11.3 Å². The van der Waals surface area contributed by atoms with Gasteiger partial charge >= 0.3 is 0 Å². The van der Waals surface area contributed by atoms with E-state index in [0.717, 1.165) is 17.7 Å². The first-order chi connectivity index (χ1) is 8.27. The molecule has 0 saturated heterocycles. The molecule has 0 aliphatic heterocycles. The zero-order chi connectivity index (χ0) is 13.9. The molecule has 0 bridgehead atoms. The van der Waals surface area contributed by atoms with E-state index in [1.807, 2.05) is 20.2 Å². The Kier molecular flexibility index (Phi) is 4.79. The normalized spacial score (nSPS) is 13.4. The van der Waals surface area contributed by atoms with Gasteiger partial charge in [0.05, 0.1) is 5.69 Å². The third-order valence-electron chi connectivity index (χ3n) is 2.62. The first-order valence-electron chi connectivity index (χ1n) is 6.23. The Balaban J connectivity index is 2.98. The van der Waals surface area contributed by atoms with E-state index in [4.69, 9.17) is 11.6 Å². The third kappa shape index (κ3) is 3.48. The van der Waals surface area contributed by atoms with Crippen molar-refractivity contribution in [2.45, 2.75) is 44.9 Å². The van der Waals surface area contributed by atoms with Crippen molar-refractivity contribution in [2.24, 2.45) is 7.05 Å². The Labute approximate surface area is 114 Å². The summed E-state index contributed by atoms with van der Waals surface area (Å²) in [6, 6.07) is 0. The van der Waals surface area contributed by atoms with E-state index in [1.54, 1.807) is 4.68 Å². The van der Waals surface area contributed by atoms with Crippen LogP contribution in [0, 0.1) is 0 Å². The molecule has 0 aromatic carbocycles. The summed E-state index contributed by atoms with van der Waals surface area (Å²) in [4.78, 5) is 11.9. The average Bonchev–Trinajstić information content (AvgIpc) is 2.66. The monoisotopic (exact) mass is 271 g/mol. The maximum absolute atomic E-state index is 11.9. The van der Waals surface area contributed by atoms with Crippen LogP contribution in [-0.2, 0) is 17.3 Å². The van der Waals surface area contributed by atoms with Gasteiger partial charge in [0, 0.05) is 30.8 Å². The van der Waals surface area contributed by atoms with Gasteiger partial charge in [-0.05, 0) is 6.42 Å². The lowest BCUT2D eigenvalue weighted by molar-refractivity contribution is -0.120. The summed E-state index contributed by atoms with van der Waals surface area (Å²) in [5.41, 5.74) is 1.53. The van der Waals surface area contributed by atoms with Crippen molar-refractivity contribution in [3.63, 3.8) is 0 Å². The van der Waals surface area contributed by atoms with Crippen LogP contribution in [0.3, 0.4) is 0 Å². The Hall–Kier alpha value is -1.03. The summed E-state index contributed by atoms with van der Waals surface area (Å²) in [5, 5.41) is 6.55. The molecule has 1 heterocycles. The lowest BCUT2D eigenvalue weighted by Crippen LogP contribution is -2.28. The van der Waals surface area contributed by atoms with Crippen molar-refractivity contribution >= 4 is 17.5 Å². The van der Waals surface area contributed by atoms with Gasteiger partial charge in [-0.15, -0.1) is 11.6 Å². The quantitative estimate of drug-likeness (QED) is 0.856. The number of amides is 1. The molecule has 1 N–H and O–H groups in total. The maximum Gasteiger partial charge on any atom is 0.242 e. The number of nitrogens with one attached hydrogen (secondary N) is 1. The molecule has 1 amide bonds. The third-order valence-corrected chi connectivity index (χ3v) is 3.05. The smallest absolute Gasteiger partial charge is 0.242 e. The van der Waals surface area contributed by atoms with Gasteiger partial charge in [-0.3, -0.25) is 9.48 Å². The van der Waals surface area contributed by atoms with Gasteiger partial charge in [0.25, 0.3) is 0 Å². The van der Waals surface area contributed by atoms with Gasteiger partial charge < -0.3 is 5.32 Å². The van der Waals surface area contributed by atoms with Gasteiger partial charge in [0.2, 0.25) is 5.91 Å². The number of carbonyl (C=O) groups is 1. The predicted octanol–water partition coefficient (Wildman–Crippen LogP) is 2.52. The van der Waals surface area contributed by atoms with Crippen molar-refractivity contribution in [1.82, 2.24) is 15.1 Å². The molecule has 1 aromatic rings. The molecule has 0 aliphatic rings. The molecule has 0 spiro atoms. The Morgan fingerprint density at radius 2 is 2.17 bits per heavy atom. The van der Waals surface area contributed by atoms with Crippen LogP contribution in [-0.4, -0.2) is 22.2 Å². The lowest BCUT2D eigenvalue weighted by Gasteiger charge is -2.19. The van der Waals surface area contributed by atoms with Gasteiger partial charge in [-0.2, -0.15) is 5.10 Å². The molecule has 1 unspecified atom stereocenters. The number of carbonyl (C=O) groups excluding carboxylic acids is 1. The molecule has 1 aromatic heterocycles. The summed E-state index contributed by atoms with van der Waals surface area (Å²) >= 11 is 6.25. The minimum Gasteiger partial charge on any atom is -0.355 e. The Morgan fingerprint density at radius 3 is 2.67 bits per heavy atom. The van der Waals surface area contributed by atoms with Crippen molar-refractivity contribution in [3.8, 4) is 0 Å². The van der Waals surface area contributed by atoms with Gasteiger partial charge in [-0.1, -0.05) is 27.7 Å². The molecule has 1 rings (SSSR count). The minimum absolute atomic E-state index is 0.130. The van der Waals surface area contributed by atoms with E-state index in [0.29, 0.717) is 6.54 Å². The second-order valence-electron chi connectivity index (χ2n) is 5.51. The summed E-state index contributed by atoms with van der Waals surface area (Å²) < 4.78 is 1.71. The van der Waals surface area contributed by atoms with Crippen LogP contribution >= 0.6 is 11.6 Å². The number of alkyl halides is 1. The molecule has 0 aliphatic carbocycles. The summed E-state index contributed by atoms with van der Waals surface area (Å²) in [7, 11) is 1.84. The first kappa shape index (κ1) is 15.0. The summed E-state index contributed by atoms with van der Waals surface area (Å²) in [5.74, 6) is -0.156. The number of halogens is 1. The lowest BCUT2D eigenvalue weighted by atomic mass is 9.88. The Bertz CT molecular complexity index is 420. The van der Waals surface area contributed by atoms with Crippen molar-refractivity contribution < 1.29 is 4.79 Å². The number of hydrogen-bond donors (Lipinski definition) is 1. The van der Waals surface area contributed by atoms with E-state index in [2.05, 4.69) is 31.2 Å². The first-order valence-corrected chi connectivity index (χ1v) is 6.66. The second-order valence-corrected chi connectivity index (χ2v) is 5.95. The SMILES string of the molecule is CCCNC(=O)C(Cl)c1cn(C)nc1C(C)(C)C. The molecule has 102 valence electrons. The molecule has 1 atom stereocenters. The zero-order valence-corrected chi connectivity index (χ0v) is 12.5. The van der Waals surface area contributed by atoms with Crippen LogP contribution in [0.5, 0.6) is 0 Å². The van der Waals surface area contributed by atoms with Gasteiger partial charge in [0.15, 0.2) is 0 Å². The molecule has 0 saturated carbocycles. The highest BCUT2D eigenvalue weighted by Gasteiger charge is 2.29. The highest BCUT2D eigenvalue weighted by molar-refractivity contribution is 6.30. The van der Waals surface area contributed by atoms with Crippen LogP contribution in [0.15, 0.2) is 6.20 Å². The van der Waals surface area contributed by atoms with Crippen LogP contribution in [0.1, 0.15) is 50.8 Å². The zero-order valence-electron chi connectivity index (χ0n) is 11.7. The number of rotatable bonds is 4. The molecule has 4 nitrogen and oxygen atoms in total. The van der Waals surface area contributed by atoms with Crippen LogP contribution in [0.2, 0.25) is 0 Å². The number of nitrogens with zero attached hydrogens (tertiary/aromatic N) is 2. The summed E-state index contributed by atoms with van der Waals surface area (Å²) in [6.45, 7) is 8.84. The number of aryl methyl sites for hydroxylation is 1. The van der Waals surface area contributed by atoms with E-state index in [9.17, 15) is 4.79 Å². The predicted molar refractivity (Wildman–Crippen MR) is 73.8 cm³/mol. The molecular weight excluding hydrogens is 250 g/mol. The van der Waals surface area contributed by atoms with Crippen LogP contribution in [0.25, 0.3) is 0 Å².